The summed E-state index contributed by atoms with van der Waals surface area (Å²) in [7, 11) is 1.40. The van der Waals surface area contributed by atoms with Crippen molar-refractivity contribution in [2.24, 2.45) is 0 Å². The molecule has 0 bridgehead atoms. The maximum Gasteiger partial charge on any atom is 0.335 e. The highest BCUT2D eigenvalue weighted by Gasteiger charge is 2.10. The highest BCUT2D eigenvalue weighted by molar-refractivity contribution is 5.87. The molecular formula is C16H12FN3O3. The van der Waals surface area contributed by atoms with Gasteiger partial charge in [-0.2, -0.15) is 0 Å². The van der Waals surface area contributed by atoms with Crippen molar-refractivity contribution < 1.29 is 19.0 Å². The van der Waals surface area contributed by atoms with Crippen LogP contribution in [-0.2, 0) is 0 Å². The molecule has 23 heavy (non-hydrogen) atoms. The highest BCUT2D eigenvalue weighted by atomic mass is 19.1. The predicted octanol–water partition coefficient (Wildman–Crippen LogP) is 2.78. The summed E-state index contributed by atoms with van der Waals surface area (Å²) in [5, 5.41) is 16.9. The van der Waals surface area contributed by atoms with Crippen LogP contribution in [-0.4, -0.2) is 33.2 Å². The minimum Gasteiger partial charge on any atom is -0.494 e. The van der Waals surface area contributed by atoms with Gasteiger partial charge in [0.2, 0.25) is 0 Å². The molecule has 2 aromatic carbocycles. The number of benzene rings is 2. The molecular weight excluding hydrogens is 301 g/mol. The first-order valence-electron chi connectivity index (χ1n) is 6.68. The number of aromatic nitrogens is 3. The van der Waals surface area contributed by atoms with E-state index in [1.807, 2.05) is 0 Å². The standard InChI is InChI=1S/C16H12FN3O3/c1-23-15-7-4-11(8-13(15)17)14-9-20(19-18-14)12-5-2-10(3-6-12)16(21)22/h2-9H,1H3,(H,21,22). The molecule has 0 saturated carbocycles. The molecule has 0 unspecified atom stereocenters. The Morgan fingerprint density at radius 2 is 1.96 bits per heavy atom. The molecule has 1 heterocycles. The molecule has 0 aliphatic rings. The molecule has 1 aromatic heterocycles. The normalized spacial score (nSPS) is 10.5. The van der Waals surface area contributed by atoms with Crippen LogP contribution in [0.25, 0.3) is 16.9 Å². The van der Waals surface area contributed by atoms with Gasteiger partial charge >= 0.3 is 5.97 Å². The largest absolute Gasteiger partial charge is 0.494 e. The van der Waals surface area contributed by atoms with E-state index in [0.717, 1.165) is 0 Å². The van der Waals surface area contributed by atoms with Crippen molar-refractivity contribution in [1.29, 1.82) is 0 Å². The second-order valence-electron chi connectivity index (χ2n) is 4.75. The number of aromatic carboxylic acids is 1. The summed E-state index contributed by atoms with van der Waals surface area (Å²) >= 11 is 0. The summed E-state index contributed by atoms with van der Waals surface area (Å²) in [6.45, 7) is 0. The molecule has 7 heteroatoms. The molecule has 0 saturated heterocycles. The van der Waals surface area contributed by atoms with E-state index in [-0.39, 0.29) is 11.3 Å². The van der Waals surface area contributed by atoms with Crippen LogP contribution in [0, 0.1) is 5.82 Å². The fraction of sp³-hybridized carbons (Fsp3) is 0.0625. The lowest BCUT2D eigenvalue weighted by Gasteiger charge is -2.02. The van der Waals surface area contributed by atoms with Gasteiger partial charge in [0.1, 0.15) is 5.69 Å². The van der Waals surface area contributed by atoms with Gasteiger partial charge in [-0.15, -0.1) is 5.10 Å². The van der Waals surface area contributed by atoms with E-state index in [2.05, 4.69) is 10.3 Å². The lowest BCUT2D eigenvalue weighted by Crippen LogP contribution is -1.98. The van der Waals surface area contributed by atoms with Crippen molar-refractivity contribution in [3.63, 3.8) is 0 Å². The average Bonchev–Trinajstić information content (AvgIpc) is 3.05. The molecule has 1 N–H and O–H groups in total. The molecule has 0 amide bonds. The van der Waals surface area contributed by atoms with E-state index in [1.165, 1.54) is 36.1 Å². The van der Waals surface area contributed by atoms with Crippen LogP contribution in [0.4, 0.5) is 4.39 Å². The Balaban J connectivity index is 1.91. The first-order valence-corrected chi connectivity index (χ1v) is 6.68. The third-order valence-corrected chi connectivity index (χ3v) is 3.32. The summed E-state index contributed by atoms with van der Waals surface area (Å²) in [6.07, 6.45) is 1.64. The van der Waals surface area contributed by atoms with Crippen molar-refractivity contribution in [2.75, 3.05) is 7.11 Å². The minimum atomic E-state index is -0.996. The zero-order chi connectivity index (χ0) is 16.4. The van der Waals surface area contributed by atoms with Crippen molar-refractivity contribution in [3.05, 3.63) is 60.0 Å². The lowest BCUT2D eigenvalue weighted by atomic mass is 10.1. The number of halogens is 1. The third kappa shape index (κ3) is 2.89. The van der Waals surface area contributed by atoms with E-state index in [1.54, 1.807) is 24.4 Å². The number of hydrogen-bond acceptors (Lipinski definition) is 4. The van der Waals surface area contributed by atoms with Gasteiger partial charge in [0.05, 0.1) is 24.6 Å². The van der Waals surface area contributed by atoms with Gasteiger partial charge in [0.15, 0.2) is 11.6 Å². The van der Waals surface area contributed by atoms with Crippen molar-refractivity contribution >= 4 is 5.97 Å². The number of methoxy groups -OCH3 is 1. The summed E-state index contributed by atoms with van der Waals surface area (Å²) in [4.78, 5) is 10.8. The number of rotatable bonds is 4. The number of carboxylic acids is 1. The summed E-state index contributed by atoms with van der Waals surface area (Å²) < 4.78 is 20.1. The van der Waals surface area contributed by atoms with Crippen LogP contribution in [0.1, 0.15) is 10.4 Å². The van der Waals surface area contributed by atoms with Gasteiger partial charge < -0.3 is 9.84 Å². The van der Waals surface area contributed by atoms with Crippen LogP contribution in [0.3, 0.4) is 0 Å². The number of nitrogens with zero attached hydrogens (tertiary/aromatic N) is 3. The summed E-state index contributed by atoms with van der Waals surface area (Å²) in [5.74, 6) is -1.32. The van der Waals surface area contributed by atoms with Crippen LogP contribution in [0.15, 0.2) is 48.7 Å². The summed E-state index contributed by atoms with van der Waals surface area (Å²) in [6, 6.07) is 10.7. The molecule has 116 valence electrons. The van der Waals surface area contributed by atoms with Gasteiger partial charge in [-0.1, -0.05) is 5.21 Å². The van der Waals surface area contributed by atoms with E-state index in [0.29, 0.717) is 16.9 Å². The SMILES string of the molecule is COc1ccc(-c2cn(-c3ccc(C(=O)O)cc3)nn2)cc1F. The molecule has 0 aliphatic heterocycles. The predicted molar refractivity (Wildman–Crippen MR) is 80.3 cm³/mol. The van der Waals surface area contributed by atoms with E-state index in [9.17, 15) is 9.18 Å². The third-order valence-electron chi connectivity index (χ3n) is 3.32. The Hall–Kier alpha value is -3.22. The number of ether oxygens (including phenoxy) is 1. The zero-order valence-electron chi connectivity index (χ0n) is 12.1. The van der Waals surface area contributed by atoms with Crippen LogP contribution in [0.2, 0.25) is 0 Å². The van der Waals surface area contributed by atoms with E-state index < -0.39 is 11.8 Å². The van der Waals surface area contributed by atoms with Gasteiger partial charge in [0, 0.05) is 5.56 Å². The van der Waals surface area contributed by atoms with Crippen LogP contribution < -0.4 is 4.74 Å². The fourth-order valence-corrected chi connectivity index (χ4v) is 2.10. The molecule has 3 aromatic rings. The first-order chi connectivity index (χ1) is 11.1. The molecule has 0 spiro atoms. The zero-order valence-corrected chi connectivity index (χ0v) is 12.1. The molecule has 0 radical (unpaired) electrons. The van der Waals surface area contributed by atoms with Crippen molar-refractivity contribution in [2.45, 2.75) is 0 Å². The molecule has 3 rings (SSSR count). The quantitative estimate of drug-likeness (QED) is 0.801. The Bertz CT molecular complexity index is 859. The molecule has 0 aliphatic carbocycles. The molecule has 0 fully saturated rings. The second kappa shape index (κ2) is 5.88. The Kier molecular flexibility index (Phi) is 3.76. The average molecular weight is 313 g/mol. The van der Waals surface area contributed by atoms with Crippen molar-refractivity contribution in [1.82, 2.24) is 15.0 Å². The maximum atomic E-state index is 13.8. The van der Waals surface area contributed by atoms with Crippen molar-refractivity contribution in [3.8, 4) is 22.7 Å². The number of hydrogen-bond donors (Lipinski definition) is 1. The number of carboxylic acid groups (broad SMARTS) is 1. The minimum absolute atomic E-state index is 0.158. The number of carbonyl (C=O) groups is 1. The van der Waals surface area contributed by atoms with Gasteiger partial charge in [-0.25, -0.2) is 13.9 Å². The highest BCUT2D eigenvalue weighted by Crippen LogP contribution is 2.24. The van der Waals surface area contributed by atoms with Gasteiger partial charge in [0.25, 0.3) is 0 Å². The molecule has 0 atom stereocenters. The second-order valence-corrected chi connectivity index (χ2v) is 4.75. The topological polar surface area (TPSA) is 77.2 Å². The lowest BCUT2D eigenvalue weighted by molar-refractivity contribution is 0.0697. The maximum absolute atomic E-state index is 13.8. The smallest absolute Gasteiger partial charge is 0.335 e. The summed E-state index contributed by atoms with van der Waals surface area (Å²) in [5.41, 5.74) is 1.90. The Labute approximate surface area is 130 Å². The van der Waals surface area contributed by atoms with Gasteiger partial charge in [-0.3, -0.25) is 0 Å². The Morgan fingerprint density at radius 1 is 1.22 bits per heavy atom. The first kappa shape index (κ1) is 14.7. The van der Waals surface area contributed by atoms with E-state index >= 15 is 0 Å². The van der Waals surface area contributed by atoms with E-state index in [4.69, 9.17) is 9.84 Å². The van der Waals surface area contributed by atoms with Gasteiger partial charge in [-0.05, 0) is 42.5 Å². The fourth-order valence-electron chi connectivity index (χ4n) is 2.10. The molecule has 6 nitrogen and oxygen atoms in total. The van der Waals surface area contributed by atoms with Crippen LogP contribution >= 0.6 is 0 Å². The van der Waals surface area contributed by atoms with Crippen LogP contribution in [0.5, 0.6) is 5.75 Å². The monoisotopic (exact) mass is 313 g/mol. The Morgan fingerprint density at radius 3 is 2.57 bits per heavy atom.